The number of aromatic nitrogens is 2. The summed E-state index contributed by atoms with van der Waals surface area (Å²) in [7, 11) is 3.89. The van der Waals surface area contributed by atoms with Crippen LogP contribution in [0.15, 0.2) is 66.5 Å². The maximum absolute atomic E-state index is 12.7. The van der Waals surface area contributed by atoms with Gasteiger partial charge >= 0.3 is 0 Å². The van der Waals surface area contributed by atoms with Gasteiger partial charge in [0.15, 0.2) is 5.78 Å². The van der Waals surface area contributed by atoms with Gasteiger partial charge in [0.05, 0.1) is 0 Å². The van der Waals surface area contributed by atoms with Crippen LogP contribution in [0, 0.1) is 12.8 Å². The van der Waals surface area contributed by atoms with Gasteiger partial charge in [-0.05, 0) is 73.9 Å². The molecule has 5 nitrogen and oxygen atoms in total. The van der Waals surface area contributed by atoms with Crippen molar-refractivity contribution in [2.75, 3.05) is 19.0 Å². The molecule has 0 aliphatic heterocycles. The highest BCUT2D eigenvalue weighted by molar-refractivity contribution is 5.96. The van der Waals surface area contributed by atoms with Gasteiger partial charge in [-0.15, -0.1) is 0 Å². The second-order valence-electron chi connectivity index (χ2n) is 9.02. The summed E-state index contributed by atoms with van der Waals surface area (Å²) < 4.78 is 5.90. The first kappa shape index (κ1) is 22.7. The average molecular weight is 442 g/mol. The predicted molar refractivity (Wildman–Crippen MR) is 133 cm³/mol. The van der Waals surface area contributed by atoms with Crippen molar-refractivity contribution < 1.29 is 9.53 Å². The zero-order chi connectivity index (χ0) is 23.2. The SMILES string of the molecule is Cc1ccc(Oc2cccc(C=C3CCC(CC(=O)c4ccc(N(C)C)nc4)CC3)c2)nc1. The number of ketones is 1. The molecule has 2 heterocycles. The third kappa shape index (κ3) is 6.28. The van der Waals surface area contributed by atoms with E-state index < -0.39 is 0 Å². The Morgan fingerprint density at radius 3 is 2.55 bits per heavy atom. The number of nitrogens with zero attached hydrogens (tertiary/aromatic N) is 3. The van der Waals surface area contributed by atoms with Crippen LogP contribution in [-0.2, 0) is 0 Å². The molecule has 0 saturated heterocycles. The lowest BCUT2D eigenvalue weighted by Crippen LogP contribution is -2.14. The van der Waals surface area contributed by atoms with Gasteiger partial charge in [0.25, 0.3) is 0 Å². The van der Waals surface area contributed by atoms with Crippen molar-refractivity contribution in [3.8, 4) is 11.6 Å². The summed E-state index contributed by atoms with van der Waals surface area (Å²) in [5.74, 6) is 2.88. The molecule has 0 N–H and O–H groups in total. The molecule has 33 heavy (non-hydrogen) atoms. The molecule has 0 bridgehead atoms. The van der Waals surface area contributed by atoms with Gasteiger partial charge in [-0.25, -0.2) is 9.97 Å². The molecule has 4 rings (SSSR count). The van der Waals surface area contributed by atoms with E-state index in [-0.39, 0.29) is 5.78 Å². The van der Waals surface area contributed by atoms with Gasteiger partial charge in [0.2, 0.25) is 5.88 Å². The quantitative estimate of drug-likeness (QED) is 0.392. The van der Waals surface area contributed by atoms with Crippen LogP contribution in [0.25, 0.3) is 6.08 Å². The lowest BCUT2D eigenvalue weighted by molar-refractivity contribution is 0.0953. The number of pyridine rings is 2. The molecule has 170 valence electrons. The minimum atomic E-state index is 0.194. The summed E-state index contributed by atoms with van der Waals surface area (Å²) in [6, 6.07) is 15.8. The van der Waals surface area contributed by atoms with E-state index in [0.717, 1.165) is 48.4 Å². The highest BCUT2D eigenvalue weighted by Crippen LogP contribution is 2.33. The lowest BCUT2D eigenvalue weighted by atomic mass is 9.82. The molecule has 0 radical (unpaired) electrons. The molecule has 0 unspecified atom stereocenters. The van der Waals surface area contributed by atoms with Gasteiger partial charge < -0.3 is 9.64 Å². The van der Waals surface area contributed by atoms with Crippen LogP contribution in [0.4, 0.5) is 5.82 Å². The number of Topliss-reactive ketones (excluding diaryl/α,β-unsaturated/α-hetero) is 1. The maximum Gasteiger partial charge on any atom is 0.219 e. The zero-order valence-electron chi connectivity index (χ0n) is 19.6. The Morgan fingerprint density at radius 1 is 1.06 bits per heavy atom. The van der Waals surface area contributed by atoms with Crippen molar-refractivity contribution in [3.63, 3.8) is 0 Å². The Kier molecular flexibility index (Phi) is 7.18. The Hall–Kier alpha value is -3.47. The molecule has 0 spiro atoms. The molecule has 0 atom stereocenters. The molecule has 1 aromatic carbocycles. The molecule has 5 heteroatoms. The number of rotatable bonds is 7. The van der Waals surface area contributed by atoms with Crippen molar-refractivity contribution in [2.24, 2.45) is 5.92 Å². The van der Waals surface area contributed by atoms with Gasteiger partial charge in [-0.1, -0.05) is 29.8 Å². The number of hydrogen-bond acceptors (Lipinski definition) is 5. The van der Waals surface area contributed by atoms with Crippen LogP contribution < -0.4 is 9.64 Å². The van der Waals surface area contributed by atoms with E-state index in [4.69, 9.17) is 4.74 Å². The van der Waals surface area contributed by atoms with E-state index in [2.05, 4.69) is 28.2 Å². The fourth-order valence-corrected chi connectivity index (χ4v) is 4.13. The topological polar surface area (TPSA) is 55.3 Å². The number of allylic oxidation sites excluding steroid dienone is 1. The second-order valence-corrected chi connectivity index (χ2v) is 9.02. The molecule has 1 aliphatic rings. The van der Waals surface area contributed by atoms with Gasteiger partial charge in [-0.3, -0.25) is 4.79 Å². The highest BCUT2D eigenvalue weighted by atomic mass is 16.5. The van der Waals surface area contributed by atoms with Crippen molar-refractivity contribution >= 4 is 17.7 Å². The van der Waals surface area contributed by atoms with Crippen LogP contribution in [-0.4, -0.2) is 29.8 Å². The smallest absolute Gasteiger partial charge is 0.219 e. The normalized spacial score (nSPS) is 15.7. The fraction of sp³-hybridized carbons (Fsp3) is 0.321. The summed E-state index contributed by atoms with van der Waals surface area (Å²) in [6.45, 7) is 2.01. The molecule has 1 saturated carbocycles. The van der Waals surface area contributed by atoms with E-state index >= 15 is 0 Å². The summed E-state index contributed by atoms with van der Waals surface area (Å²) >= 11 is 0. The van der Waals surface area contributed by atoms with Gasteiger partial charge in [0.1, 0.15) is 11.6 Å². The number of ether oxygens (including phenoxy) is 1. The van der Waals surface area contributed by atoms with E-state index in [1.165, 1.54) is 5.57 Å². The van der Waals surface area contributed by atoms with Gasteiger partial charge in [0, 0.05) is 44.5 Å². The first-order valence-corrected chi connectivity index (χ1v) is 11.5. The van der Waals surface area contributed by atoms with Crippen LogP contribution in [0.2, 0.25) is 0 Å². The summed E-state index contributed by atoms with van der Waals surface area (Å²) in [4.78, 5) is 23.3. The third-order valence-electron chi connectivity index (χ3n) is 6.09. The molecule has 2 aromatic heterocycles. The van der Waals surface area contributed by atoms with Crippen molar-refractivity contribution in [1.82, 2.24) is 9.97 Å². The number of anilines is 1. The number of hydrogen-bond donors (Lipinski definition) is 0. The van der Waals surface area contributed by atoms with E-state index in [1.807, 2.05) is 62.3 Å². The lowest BCUT2D eigenvalue weighted by Gasteiger charge is -2.23. The zero-order valence-corrected chi connectivity index (χ0v) is 19.6. The maximum atomic E-state index is 12.7. The number of benzene rings is 1. The Morgan fingerprint density at radius 2 is 1.88 bits per heavy atom. The van der Waals surface area contributed by atoms with Crippen molar-refractivity contribution in [1.29, 1.82) is 0 Å². The van der Waals surface area contributed by atoms with E-state index in [9.17, 15) is 4.79 Å². The minimum Gasteiger partial charge on any atom is -0.439 e. The number of carbonyl (C=O) groups excluding carboxylic acids is 1. The van der Waals surface area contributed by atoms with Crippen LogP contribution >= 0.6 is 0 Å². The number of carbonyl (C=O) groups is 1. The first-order valence-electron chi connectivity index (χ1n) is 11.5. The molecular weight excluding hydrogens is 410 g/mol. The van der Waals surface area contributed by atoms with Crippen LogP contribution in [0.1, 0.15) is 53.6 Å². The van der Waals surface area contributed by atoms with Crippen LogP contribution in [0.3, 0.4) is 0 Å². The Labute approximate surface area is 196 Å². The van der Waals surface area contributed by atoms with E-state index in [1.54, 1.807) is 12.4 Å². The van der Waals surface area contributed by atoms with Gasteiger partial charge in [-0.2, -0.15) is 0 Å². The molecule has 3 aromatic rings. The molecule has 1 aliphatic carbocycles. The Balaban J connectivity index is 1.31. The number of aryl methyl sites for hydroxylation is 1. The molecular formula is C28H31N3O2. The van der Waals surface area contributed by atoms with Crippen LogP contribution in [0.5, 0.6) is 11.6 Å². The first-order chi connectivity index (χ1) is 16.0. The monoisotopic (exact) mass is 441 g/mol. The van der Waals surface area contributed by atoms with Crippen molar-refractivity contribution in [3.05, 3.63) is 83.2 Å². The average Bonchev–Trinajstić information content (AvgIpc) is 2.82. The highest BCUT2D eigenvalue weighted by Gasteiger charge is 2.20. The van der Waals surface area contributed by atoms with Crippen molar-refractivity contribution in [2.45, 2.75) is 39.0 Å². The third-order valence-corrected chi connectivity index (χ3v) is 6.09. The summed E-state index contributed by atoms with van der Waals surface area (Å²) in [6.07, 6.45) is 10.5. The molecule has 1 fully saturated rings. The largest absolute Gasteiger partial charge is 0.439 e. The van der Waals surface area contributed by atoms with E-state index in [0.29, 0.717) is 23.8 Å². The standard InChI is InChI=1S/C28H31N3O2/c1-20-7-14-28(30-18-20)33-25-6-4-5-23(16-25)15-21-8-10-22(11-9-21)17-26(32)24-12-13-27(29-19-24)31(2)3/h4-7,12-16,18-19,22H,8-11,17H2,1-3H3. The Bertz CT molecular complexity index is 1110. The predicted octanol–water partition coefficient (Wildman–Crippen LogP) is 6.49. The molecule has 0 amide bonds. The summed E-state index contributed by atoms with van der Waals surface area (Å²) in [5.41, 5.74) is 4.39. The fourth-order valence-electron chi connectivity index (χ4n) is 4.13. The second kappa shape index (κ2) is 10.4. The minimum absolute atomic E-state index is 0.194. The summed E-state index contributed by atoms with van der Waals surface area (Å²) in [5, 5.41) is 0.